The maximum absolute atomic E-state index is 12.4. The second-order valence-corrected chi connectivity index (χ2v) is 3.70. The largest absolute Gasteiger partial charge is 0.416 e. The van der Waals surface area contributed by atoms with Gasteiger partial charge in [0.1, 0.15) is 0 Å². The van der Waals surface area contributed by atoms with Crippen LogP contribution in [0, 0.1) is 0 Å². The van der Waals surface area contributed by atoms with Crippen molar-refractivity contribution in [2.75, 3.05) is 13.7 Å². The molecule has 0 aliphatic rings. The smallest absolute Gasteiger partial charge is 0.383 e. The fraction of sp³-hybridized carbons (Fsp3) is 0.400. The Morgan fingerprint density at radius 2 is 2.06 bits per heavy atom. The summed E-state index contributed by atoms with van der Waals surface area (Å²) in [5, 5.41) is 0.206. The van der Waals surface area contributed by atoms with Gasteiger partial charge >= 0.3 is 6.18 Å². The maximum atomic E-state index is 12.4. The molecule has 6 heteroatoms. The summed E-state index contributed by atoms with van der Waals surface area (Å²) in [6, 6.07) is 2.40. The predicted molar refractivity (Wildman–Crippen MR) is 55.3 cm³/mol. The second kappa shape index (κ2) is 5.03. The number of hydrogen-bond donors (Lipinski definition) is 1. The van der Waals surface area contributed by atoms with Crippen molar-refractivity contribution in [3.63, 3.8) is 0 Å². The molecule has 0 aromatic heterocycles. The number of rotatable bonds is 3. The van der Waals surface area contributed by atoms with Crippen LogP contribution < -0.4 is 5.73 Å². The Labute approximate surface area is 96.1 Å². The minimum atomic E-state index is -4.40. The van der Waals surface area contributed by atoms with Crippen LogP contribution in [0.1, 0.15) is 17.2 Å². The van der Waals surface area contributed by atoms with Crippen molar-refractivity contribution in [1.29, 1.82) is 0 Å². The van der Waals surface area contributed by atoms with Crippen molar-refractivity contribution in [1.82, 2.24) is 0 Å². The summed E-state index contributed by atoms with van der Waals surface area (Å²) in [5.74, 6) is 0. The van der Waals surface area contributed by atoms with Gasteiger partial charge in [0.05, 0.1) is 18.2 Å². The highest BCUT2D eigenvalue weighted by Crippen LogP contribution is 2.33. The Kier molecular flexibility index (Phi) is 4.18. The summed E-state index contributed by atoms with van der Waals surface area (Å²) in [7, 11) is 1.42. The van der Waals surface area contributed by atoms with Gasteiger partial charge in [-0.3, -0.25) is 0 Å². The van der Waals surface area contributed by atoms with E-state index in [4.69, 9.17) is 22.1 Å². The molecule has 0 saturated carbocycles. The van der Waals surface area contributed by atoms with Gasteiger partial charge in [-0.1, -0.05) is 11.6 Å². The highest BCUT2D eigenvalue weighted by Gasteiger charge is 2.31. The Balaban J connectivity index is 3.09. The summed E-state index contributed by atoms with van der Waals surface area (Å²) in [6.45, 7) is 0.112. The van der Waals surface area contributed by atoms with Gasteiger partial charge in [-0.2, -0.15) is 13.2 Å². The van der Waals surface area contributed by atoms with E-state index < -0.39 is 17.8 Å². The molecule has 0 aliphatic heterocycles. The van der Waals surface area contributed by atoms with E-state index in [9.17, 15) is 13.2 Å². The lowest BCUT2D eigenvalue weighted by atomic mass is 10.0. The number of alkyl halides is 3. The zero-order valence-corrected chi connectivity index (χ0v) is 9.27. The third-order valence-corrected chi connectivity index (χ3v) is 2.41. The van der Waals surface area contributed by atoms with Crippen LogP contribution in [0.25, 0.3) is 0 Å². The maximum Gasteiger partial charge on any atom is 0.416 e. The Morgan fingerprint density at radius 1 is 1.44 bits per heavy atom. The van der Waals surface area contributed by atoms with Gasteiger partial charge in [0.15, 0.2) is 0 Å². The van der Waals surface area contributed by atoms with Gasteiger partial charge in [0.2, 0.25) is 0 Å². The van der Waals surface area contributed by atoms with Crippen LogP contribution in [0.15, 0.2) is 18.2 Å². The first-order valence-electron chi connectivity index (χ1n) is 4.47. The molecule has 1 rings (SSSR count). The van der Waals surface area contributed by atoms with Crippen molar-refractivity contribution >= 4 is 11.6 Å². The third-order valence-electron chi connectivity index (χ3n) is 2.07. The molecule has 1 aromatic carbocycles. The molecule has 0 saturated heterocycles. The summed E-state index contributed by atoms with van der Waals surface area (Å²) in [5.41, 5.74) is 5.11. The first-order chi connectivity index (χ1) is 7.36. The van der Waals surface area contributed by atoms with Gasteiger partial charge in [-0.15, -0.1) is 0 Å². The monoisotopic (exact) mass is 253 g/mol. The molecule has 2 N–H and O–H groups in total. The highest BCUT2D eigenvalue weighted by atomic mass is 35.5. The molecule has 0 heterocycles. The topological polar surface area (TPSA) is 35.2 Å². The van der Waals surface area contributed by atoms with E-state index >= 15 is 0 Å². The second-order valence-electron chi connectivity index (χ2n) is 3.30. The van der Waals surface area contributed by atoms with E-state index in [0.29, 0.717) is 0 Å². The van der Waals surface area contributed by atoms with Gasteiger partial charge in [0, 0.05) is 12.1 Å². The van der Waals surface area contributed by atoms with Crippen LogP contribution >= 0.6 is 11.6 Å². The minimum absolute atomic E-state index is 0.112. The van der Waals surface area contributed by atoms with E-state index in [-0.39, 0.29) is 17.2 Å². The van der Waals surface area contributed by atoms with Crippen molar-refractivity contribution in [2.45, 2.75) is 12.2 Å². The van der Waals surface area contributed by atoms with Crippen LogP contribution in [-0.4, -0.2) is 13.7 Å². The molecule has 1 aromatic rings. The molecule has 16 heavy (non-hydrogen) atoms. The minimum Gasteiger partial charge on any atom is -0.383 e. The molecule has 0 unspecified atom stereocenters. The zero-order chi connectivity index (χ0) is 12.3. The molecule has 0 aliphatic carbocycles. The molecular formula is C10H11ClF3NO. The number of ether oxygens (including phenoxy) is 1. The van der Waals surface area contributed by atoms with E-state index in [1.165, 1.54) is 13.2 Å². The number of nitrogens with two attached hydrogens (primary N) is 1. The molecular weight excluding hydrogens is 243 g/mol. The number of hydrogen-bond acceptors (Lipinski definition) is 2. The van der Waals surface area contributed by atoms with Crippen LogP contribution in [0.3, 0.4) is 0 Å². The van der Waals surface area contributed by atoms with Crippen molar-refractivity contribution in [3.05, 3.63) is 34.3 Å². The lowest BCUT2D eigenvalue weighted by Crippen LogP contribution is -2.17. The molecule has 90 valence electrons. The molecule has 0 amide bonds. The first kappa shape index (κ1) is 13.3. The van der Waals surface area contributed by atoms with E-state index in [1.807, 2.05) is 0 Å². The number of benzene rings is 1. The fourth-order valence-electron chi connectivity index (χ4n) is 1.27. The van der Waals surface area contributed by atoms with Gasteiger partial charge < -0.3 is 10.5 Å². The lowest BCUT2D eigenvalue weighted by Gasteiger charge is -2.15. The average Bonchev–Trinajstić information content (AvgIpc) is 2.16. The average molecular weight is 254 g/mol. The standard InChI is InChI=1S/C10H11ClF3NO/c1-16-5-9(15)7-4-6(10(12,13)14)2-3-8(7)11/h2-4,9H,5,15H2,1H3/t9-/m0/s1. The Morgan fingerprint density at radius 3 is 2.56 bits per heavy atom. The van der Waals surface area contributed by atoms with Gasteiger partial charge in [-0.05, 0) is 23.8 Å². The molecule has 0 radical (unpaired) electrons. The van der Waals surface area contributed by atoms with E-state index in [2.05, 4.69) is 0 Å². The van der Waals surface area contributed by atoms with Crippen molar-refractivity contribution in [2.24, 2.45) is 5.73 Å². The first-order valence-corrected chi connectivity index (χ1v) is 4.85. The normalized spacial score (nSPS) is 13.9. The summed E-state index contributed by atoms with van der Waals surface area (Å²) < 4.78 is 42.1. The van der Waals surface area contributed by atoms with Crippen molar-refractivity contribution < 1.29 is 17.9 Å². The van der Waals surface area contributed by atoms with Crippen LogP contribution in [0.4, 0.5) is 13.2 Å². The predicted octanol–water partition coefficient (Wildman–Crippen LogP) is 3.01. The molecule has 1 atom stereocenters. The number of methoxy groups -OCH3 is 1. The molecule has 0 spiro atoms. The van der Waals surface area contributed by atoms with Gasteiger partial charge in [0.25, 0.3) is 0 Å². The highest BCUT2D eigenvalue weighted by molar-refractivity contribution is 6.31. The Hall–Kier alpha value is -0.780. The summed E-state index contributed by atoms with van der Waals surface area (Å²) in [4.78, 5) is 0. The summed E-state index contributed by atoms with van der Waals surface area (Å²) >= 11 is 5.77. The van der Waals surface area contributed by atoms with Crippen LogP contribution in [0.2, 0.25) is 5.02 Å². The fourth-order valence-corrected chi connectivity index (χ4v) is 1.53. The van der Waals surface area contributed by atoms with Crippen molar-refractivity contribution in [3.8, 4) is 0 Å². The molecule has 0 bridgehead atoms. The molecule has 0 fully saturated rings. The Bertz CT molecular complexity index is 368. The SMILES string of the molecule is COC[C@H](N)c1cc(C(F)(F)F)ccc1Cl. The lowest BCUT2D eigenvalue weighted by molar-refractivity contribution is -0.137. The van der Waals surface area contributed by atoms with E-state index in [1.54, 1.807) is 0 Å². The third kappa shape index (κ3) is 3.10. The van der Waals surface area contributed by atoms with Crippen LogP contribution in [-0.2, 0) is 10.9 Å². The quantitative estimate of drug-likeness (QED) is 0.899. The van der Waals surface area contributed by atoms with Crippen LogP contribution in [0.5, 0.6) is 0 Å². The van der Waals surface area contributed by atoms with Gasteiger partial charge in [-0.25, -0.2) is 0 Å². The van der Waals surface area contributed by atoms with E-state index in [0.717, 1.165) is 12.1 Å². The molecule has 2 nitrogen and oxygen atoms in total. The zero-order valence-electron chi connectivity index (χ0n) is 8.51. The summed E-state index contributed by atoms with van der Waals surface area (Å²) in [6.07, 6.45) is -4.40. The number of halogens is 4.